The lowest BCUT2D eigenvalue weighted by atomic mass is 9.92. The summed E-state index contributed by atoms with van der Waals surface area (Å²) in [6, 6.07) is 8.16. The number of nitrogens with two attached hydrogens (primary N) is 1. The molecule has 1 saturated heterocycles. The fourth-order valence-electron chi connectivity index (χ4n) is 2.72. The van der Waals surface area contributed by atoms with Gasteiger partial charge in [-0.15, -0.1) is 0 Å². The van der Waals surface area contributed by atoms with Crippen molar-refractivity contribution in [1.82, 2.24) is 4.90 Å². The fraction of sp³-hybridized carbons (Fsp3) is 0.562. The predicted octanol–water partition coefficient (Wildman–Crippen LogP) is 2.75. The van der Waals surface area contributed by atoms with Gasteiger partial charge in [0.05, 0.1) is 0 Å². The van der Waals surface area contributed by atoms with Crippen molar-refractivity contribution in [3.05, 3.63) is 35.4 Å². The minimum atomic E-state index is 0.144. The molecule has 0 aliphatic carbocycles. The van der Waals surface area contributed by atoms with Gasteiger partial charge in [-0.3, -0.25) is 4.79 Å². The van der Waals surface area contributed by atoms with Gasteiger partial charge in [-0.1, -0.05) is 12.1 Å². The summed E-state index contributed by atoms with van der Waals surface area (Å²) in [6.45, 7) is 3.69. The molecule has 3 nitrogen and oxygen atoms in total. The van der Waals surface area contributed by atoms with Crippen LogP contribution in [0.3, 0.4) is 0 Å². The number of hydrogen-bond acceptors (Lipinski definition) is 3. The monoisotopic (exact) mass is 292 g/mol. The van der Waals surface area contributed by atoms with Crippen LogP contribution in [0.2, 0.25) is 0 Å². The minimum absolute atomic E-state index is 0.144. The van der Waals surface area contributed by atoms with Gasteiger partial charge in [-0.2, -0.15) is 11.8 Å². The highest BCUT2D eigenvalue weighted by molar-refractivity contribution is 7.97. The van der Waals surface area contributed by atoms with E-state index in [1.807, 2.05) is 24.0 Å². The summed E-state index contributed by atoms with van der Waals surface area (Å²) in [6.07, 6.45) is 4.28. The Bertz CT molecular complexity index is 444. The van der Waals surface area contributed by atoms with E-state index >= 15 is 0 Å². The molecule has 0 spiro atoms. The lowest BCUT2D eigenvalue weighted by Crippen LogP contribution is -2.45. The van der Waals surface area contributed by atoms with Crippen LogP contribution < -0.4 is 5.73 Å². The molecular weight excluding hydrogens is 268 g/mol. The van der Waals surface area contributed by atoms with Gasteiger partial charge in [-0.25, -0.2) is 0 Å². The van der Waals surface area contributed by atoms with Crippen LogP contribution in [0.5, 0.6) is 0 Å². The first-order valence-corrected chi connectivity index (χ1v) is 8.64. The van der Waals surface area contributed by atoms with Gasteiger partial charge < -0.3 is 10.6 Å². The largest absolute Gasteiger partial charge is 0.338 e. The lowest BCUT2D eigenvalue weighted by Gasteiger charge is -2.34. The van der Waals surface area contributed by atoms with Crippen LogP contribution in [0.1, 0.15) is 35.7 Å². The van der Waals surface area contributed by atoms with Crippen molar-refractivity contribution in [1.29, 1.82) is 0 Å². The van der Waals surface area contributed by atoms with E-state index in [9.17, 15) is 4.79 Å². The molecule has 1 aliphatic rings. The van der Waals surface area contributed by atoms with Crippen LogP contribution in [0.15, 0.2) is 24.3 Å². The van der Waals surface area contributed by atoms with Gasteiger partial charge in [0.15, 0.2) is 0 Å². The van der Waals surface area contributed by atoms with Crippen LogP contribution in [0.4, 0.5) is 0 Å². The van der Waals surface area contributed by atoms with Crippen molar-refractivity contribution in [2.45, 2.75) is 31.6 Å². The van der Waals surface area contributed by atoms with Gasteiger partial charge in [0, 0.05) is 30.4 Å². The van der Waals surface area contributed by atoms with E-state index in [2.05, 4.69) is 18.4 Å². The lowest BCUT2D eigenvalue weighted by molar-refractivity contribution is 0.0661. The summed E-state index contributed by atoms with van der Waals surface area (Å²) >= 11 is 1.79. The third-order valence-electron chi connectivity index (χ3n) is 4.00. The fourth-order valence-corrected chi connectivity index (χ4v) is 3.24. The number of nitrogens with zero attached hydrogens (tertiary/aromatic N) is 1. The maximum absolute atomic E-state index is 12.5. The predicted molar refractivity (Wildman–Crippen MR) is 85.9 cm³/mol. The van der Waals surface area contributed by atoms with Crippen LogP contribution in [0, 0.1) is 5.92 Å². The molecule has 1 aromatic rings. The number of carbonyl (C=O) groups excluding carboxylic acids is 1. The highest BCUT2D eigenvalue weighted by Crippen LogP contribution is 2.21. The van der Waals surface area contributed by atoms with Gasteiger partial charge >= 0.3 is 0 Å². The average molecular weight is 292 g/mol. The second kappa shape index (κ2) is 7.14. The van der Waals surface area contributed by atoms with E-state index < -0.39 is 0 Å². The molecule has 2 rings (SSSR count). The molecule has 0 aromatic heterocycles. The van der Waals surface area contributed by atoms with Gasteiger partial charge in [0.1, 0.15) is 0 Å². The number of hydrogen-bond donors (Lipinski definition) is 1. The van der Waals surface area contributed by atoms with Crippen molar-refractivity contribution < 1.29 is 4.79 Å². The van der Waals surface area contributed by atoms with E-state index in [0.717, 1.165) is 37.2 Å². The minimum Gasteiger partial charge on any atom is -0.338 e. The van der Waals surface area contributed by atoms with Crippen molar-refractivity contribution in [3.8, 4) is 0 Å². The van der Waals surface area contributed by atoms with E-state index in [4.69, 9.17) is 5.73 Å². The molecule has 0 radical (unpaired) electrons. The van der Waals surface area contributed by atoms with E-state index in [0.29, 0.717) is 5.92 Å². The normalized spacial score (nSPS) is 20.8. The molecule has 1 aliphatic heterocycles. The Morgan fingerprint density at radius 2 is 2.15 bits per heavy atom. The average Bonchev–Trinajstić information content (AvgIpc) is 2.48. The summed E-state index contributed by atoms with van der Waals surface area (Å²) in [5, 5.41) is 0. The van der Waals surface area contributed by atoms with Crippen LogP contribution in [0.25, 0.3) is 0 Å². The SMILES string of the molecule is CSCc1ccc(C(=O)N2CCC[C@@H]([C@H](C)N)C2)cc1. The van der Waals surface area contributed by atoms with Crippen LogP contribution in [-0.2, 0) is 5.75 Å². The number of rotatable bonds is 4. The molecule has 4 heteroatoms. The molecule has 2 N–H and O–H groups in total. The van der Waals surface area contributed by atoms with Crippen molar-refractivity contribution in [2.75, 3.05) is 19.3 Å². The third kappa shape index (κ3) is 3.76. The quantitative estimate of drug-likeness (QED) is 0.928. The second-order valence-electron chi connectivity index (χ2n) is 5.64. The van der Waals surface area contributed by atoms with Crippen molar-refractivity contribution in [3.63, 3.8) is 0 Å². The summed E-state index contributed by atoms with van der Waals surface area (Å²) in [4.78, 5) is 14.5. The maximum atomic E-state index is 12.5. The third-order valence-corrected chi connectivity index (χ3v) is 4.62. The van der Waals surface area contributed by atoms with Crippen molar-refractivity contribution >= 4 is 17.7 Å². The highest BCUT2D eigenvalue weighted by atomic mass is 32.2. The first-order chi connectivity index (χ1) is 9.61. The summed E-state index contributed by atoms with van der Waals surface area (Å²) in [5.41, 5.74) is 8.04. The standard InChI is InChI=1S/C16H24N2OS/c1-12(17)15-4-3-9-18(10-15)16(19)14-7-5-13(6-8-14)11-20-2/h5-8,12,15H,3-4,9-11,17H2,1-2H3/t12-,15+/m0/s1. The molecule has 0 unspecified atom stereocenters. The zero-order valence-corrected chi connectivity index (χ0v) is 13.2. The van der Waals surface area contributed by atoms with E-state index in [1.165, 1.54) is 5.56 Å². The molecule has 0 bridgehead atoms. The van der Waals surface area contributed by atoms with E-state index in [1.54, 1.807) is 11.8 Å². The Labute approximate surface area is 125 Å². The van der Waals surface area contributed by atoms with Crippen LogP contribution >= 0.6 is 11.8 Å². The van der Waals surface area contributed by atoms with Crippen LogP contribution in [-0.4, -0.2) is 36.2 Å². The zero-order valence-electron chi connectivity index (χ0n) is 12.3. The Balaban J connectivity index is 2.02. The van der Waals surface area contributed by atoms with Crippen molar-refractivity contribution in [2.24, 2.45) is 11.7 Å². The second-order valence-corrected chi connectivity index (χ2v) is 6.51. The summed E-state index contributed by atoms with van der Waals surface area (Å²) in [5.74, 6) is 1.57. The molecule has 1 heterocycles. The Kier molecular flexibility index (Phi) is 5.49. The molecule has 1 amide bonds. The number of thioether (sulfide) groups is 1. The molecule has 0 saturated carbocycles. The smallest absolute Gasteiger partial charge is 0.253 e. The van der Waals surface area contributed by atoms with Gasteiger partial charge in [-0.05, 0) is 49.6 Å². The molecule has 1 aromatic carbocycles. The zero-order chi connectivity index (χ0) is 14.5. The highest BCUT2D eigenvalue weighted by Gasteiger charge is 2.26. The molecule has 1 fully saturated rings. The first-order valence-electron chi connectivity index (χ1n) is 7.24. The number of likely N-dealkylation sites (tertiary alicyclic amines) is 1. The Morgan fingerprint density at radius 3 is 2.75 bits per heavy atom. The molecule has 2 atom stereocenters. The molecule has 110 valence electrons. The number of benzene rings is 1. The Morgan fingerprint density at radius 1 is 1.45 bits per heavy atom. The molecule has 20 heavy (non-hydrogen) atoms. The van der Waals surface area contributed by atoms with E-state index in [-0.39, 0.29) is 11.9 Å². The topological polar surface area (TPSA) is 46.3 Å². The van der Waals surface area contributed by atoms with Gasteiger partial charge in [0.2, 0.25) is 0 Å². The number of carbonyl (C=O) groups is 1. The first kappa shape index (κ1) is 15.4. The maximum Gasteiger partial charge on any atom is 0.253 e. The summed E-state index contributed by atoms with van der Waals surface area (Å²) < 4.78 is 0. The Hall–Kier alpha value is -1.00. The summed E-state index contributed by atoms with van der Waals surface area (Å²) in [7, 11) is 0. The number of amides is 1. The van der Waals surface area contributed by atoms with Gasteiger partial charge in [0.25, 0.3) is 5.91 Å². The molecular formula is C16H24N2OS. The number of piperidine rings is 1.